The summed E-state index contributed by atoms with van der Waals surface area (Å²) in [4.78, 5) is 0. The van der Waals surface area contributed by atoms with Gasteiger partial charge in [0.2, 0.25) is 0 Å². The summed E-state index contributed by atoms with van der Waals surface area (Å²) in [7, 11) is 0. The molecule has 62 valence electrons. The van der Waals surface area contributed by atoms with E-state index in [-0.39, 0.29) is 11.6 Å². The molecule has 1 unspecified atom stereocenters. The maximum atomic E-state index is 5.64. The molecule has 1 saturated carbocycles. The van der Waals surface area contributed by atoms with E-state index in [2.05, 4.69) is 11.2 Å². The number of hydrogen-bond acceptors (Lipinski definition) is 2. The number of nitrogens with one attached hydrogen (secondary N) is 1. The first kappa shape index (κ1) is 8.58. The molecule has 0 aliphatic heterocycles. The average Bonchev–Trinajstić information content (AvgIpc) is 1.96. The van der Waals surface area contributed by atoms with E-state index >= 15 is 0 Å². The van der Waals surface area contributed by atoms with Gasteiger partial charge in [0.25, 0.3) is 0 Å². The van der Waals surface area contributed by atoms with Crippen molar-refractivity contribution < 1.29 is 0 Å². The topological polar surface area (TPSA) is 38.0 Å². The van der Waals surface area contributed by atoms with Crippen molar-refractivity contribution in [2.45, 2.75) is 37.8 Å². The van der Waals surface area contributed by atoms with Crippen LogP contribution in [0.2, 0.25) is 0 Å². The summed E-state index contributed by atoms with van der Waals surface area (Å²) >= 11 is 0. The van der Waals surface area contributed by atoms with Crippen LogP contribution in [0.15, 0.2) is 0 Å². The fourth-order valence-electron chi connectivity index (χ4n) is 1.51. The second-order valence-corrected chi connectivity index (χ2v) is 3.37. The fourth-order valence-corrected chi connectivity index (χ4v) is 1.51. The van der Waals surface area contributed by atoms with E-state index in [0.717, 1.165) is 0 Å². The zero-order valence-corrected chi connectivity index (χ0v) is 7.06. The minimum Gasteiger partial charge on any atom is -0.329 e. The predicted octanol–water partition coefficient (Wildman–Crippen LogP) is 0.479. The lowest BCUT2D eigenvalue weighted by molar-refractivity contribution is 0.186. The van der Waals surface area contributed by atoms with Crippen molar-refractivity contribution in [2.75, 3.05) is 6.54 Å². The highest BCUT2D eigenvalue weighted by Crippen LogP contribution is 2.30. The second-order valence-electron chi connectivity index (χ2n) is 3.37. The largest absolute Gasteiger partial charge is 0.329 e. The maximum absolute atomic E-state index is 5.64. The molecule has 0 heterocycles. The van der Waals surface area contributed by atoms with Gasteiger partial charge in [-0.2, -0.15) is 0 Å². The zero-order chi connectivity index (χ0) is 8.32. The summed E-state index contributed by atoms with van der Waals surface area (Å²) in [5, 5.41) is 3.37. The lowest BCUT2D eigenvalue weighted by Crippen LogP contribution is -2.58. The van der Waals surface area contributed by atoms with E-state index in [9.17, 15) is 0 Å². The molecule has 2 nitrogen and oxygen atoms in total. The molecule has 0 bridgehead atoms. The lowest BCUT2D eigenvalue weighted by atomic mass is 9.76. The first-order chi connectivity index (χ1) is 5.22. The van der Waals surface area contributed by atoms with Crippen LogP contribution in [0.5, 0.6) is 0 Å². The lowest BCUT2D eigenvalue weighted by Gasteiger charge is -2.43. The van der Waals surface area contributed by atoms with Gasteiger partial charge in [0.05, 0.1) is 6.04 Å². The summed E-state index contributed by atoms with van der Waals surface area (Å²) in [5.41, 5.74) is 5.81. The van der Waals surface area contributed by atoms with Gasteiger partial charge in [0.15, 0.2) is 0 Å². The minimum atomic E-state index is 0.152. The van der Waals surface area contributed by atoms with Crippen molar-refractivity contribution in [1.29, 1.82) is 0 Å². The standard InChI is InChI=1S/C9H16N2/c1-3-8(2)11-9(7-10)5-4-6-9/h1,8,11H,4-7,10H2,2H3. The first-order valence-electron chi connectivity index (χ1n) is 4.16. The monoisotopic (exact) mass is 152 g/mol. The fraction of sp³-hybridized carbons (Fsp3) is 0.778. The maximum Gasteiger partial charge on any atom is 0.0663 e. The number of hydrogen-bond donors (Lipinski definition) is 2. The van der Waals surface area contributed by atoms with Crippen molar-refractivity contribution in [1.82, 2.24) is 5.32 Å². The van der Waals surface area contributed by atoms with Gasteiger partial charge in [-0.05, 0) is 26.2 Å². The Hall–Kier alpha value is -0.520. The Labute approximate surface area is 68.5 Å². The minimum absolute atomic E-state index is 0.152. The molecule has 2 heteroatoms. The van der Waals surface area contributed by atoms with Gasteiger partial charge in [0.1, 0.15) is 0 Å². The smallest absolute Gasteiger partial charge is 0.0663 e. The van der Waals surface area contributed by atoms with E-state index in [1.54, 1.807) is 0 Å². The van der Waals surface area contributed by atoms with E-state index in [1.165, 1.54) is 19.3 Å². The molecule has 1 atom stereocenters. The molecule has 1 rings (SSSR count). The summed E-state index contributed by atoms with van der Waals surface area (Å²) in [6.07, 6.45) is 8.89. The Balaban J connectivity index is 2.39. The zero-order valence-electron chi connectivity index (χ0n) is 7.06. The predicted molar refractivity (Wildman–Crippen MR) is 47.1 cm³/mol. The normalized spacial score (nSPS) is 23.4. The van der Waals surface area contributed by atoms with Crippen LogP contribution in [0.1, 0.15) is 26.2 Å². The third-order valence-electron chi connectivity index (χ3n) is 2.47. The quantitative estimate of drug-likeness (QED) is 0.577. The van der Waals surface area contributed by atoms with Crippen molar-refractivity contribution in [2.24, 2.45) is 5.73 Å². The Morgan fingerprint density at radius 2 is 2.36 bits per heavy atom. The van der Waals surface area contributed by atoms with Crippen LogP contribution in [-0.2, 0) is 0 Å². The van der Waals surface area contributed by atoms with E-state index in [1.807, 2.05) is 6.92 Å². The Kier molecular flexibility index (Phi) is 2.53. The molecule has 11 heavy (non-hydrogen) atoms. The number of terminal acetylenes is 1. The van der Waals surface area contributed by atoms with Crippen LogP contribution in [0.25, 0.3) is 0 Å². The van der Waals surface area contributed by atoms with E-state index in [0.29, 0.717) is 6.54 Å². The van der Waals surface area contributed by atoms with Crippen LogP contribution >= 0.6 is 0 Å². The third-order valence-corrected chi connectivity index (χ3v) is 2.47. The van der Waals surface area contributed by atoms with E-state index in [4.69, 9.17) is 12.2 Å². The van der Waals surface area contributed by atoms with Crippen LogP contribution in [-0.4, -0.2) is 18.1 Å². The van der Waals surface area contributed by atoms with Crippen LogP contribution in [0.3, 0.4) is 0 Å². The van der Waals surface area contributed by atoms with Crippen molar-refractivity contribution >= 4 is 0 Å². The molecular weight excluding hydrogens is 136 g/mol. The van der Waals surface area contributed by atoms with Crippen molar-refractivity contribution in [3.63, 3.8) is 0 Å². The Morgan fingerprint density at radius 1 is 1.73 bits per heavy atom. The van der Waals surface area contributed by atoms with Gasteiger partial charge >= 0.3 is 0 Å². The molecule has 0 aromatic carbocycles. The molecule has 1 aliphatic rings. The average molecular weight is 152 g/mol. The van der Waals surface area contributed by atoms with E-state index < -0.39 is 0 Å². The highest BCUT2D eigenvalue weighted by molar-refractivity contribution is 5.05. The highest BCUT2D eigenvalue weighted by atomic mass is 15.0. The highest BCUT2D eigenvalue weighted by Gasteiger charge is 2.35. The molecular formula is C9H16N2. The van der Waals surface area contributed by atoms with Gasteiger partial charge in [-0.1, -0.05) is 5.92 Å². The van der Waals surface area contributed by atoms with Crippen LogP contribution < -0.4 is 11.1 Å². The van der Waals surface area contributed by atoms with Gasteiger partial charge in [-0.15, -0.1) is 6.42 Å². The van der Waals surface area contributed by atoms with Gasteiger partial charge in [-0.25, -0.2) is 0 Å². The summed E-state index contributed by atoms with van der Waals surface area (Å²) < 4.78 is 0. The first-order valence-corrected chi connectivity index (χ1v) is 4.16. The molecule has 0 aromatic rings. The molecule has 0 spiro atoms. The summed E-state index contributed by atoms with van der Waals surface area (Å²) in [6, 6.07) is 0.152. The number of rotatable bonds is 3. The van der Waals surface area contributed by atoms with Gasteiger partial charge < -0.3 is 5.73 Å². The third kappa shape index (κ3) is 1.74. The molecule has 1 fully saturated rings. The van der Waals surface area contributed by atoms with Crippen LogP contribution in [0.4, 0.5) is 0 Å². The molecule has 1 aliphatic carbocycles. The van der Waals surface area contributed by atoms with Gasteiger partial charge in [0, 0.05) is 12.1 Å². The molecule has 0 aromatic heterocycles. The second kappa shape index (κ2) is 3.25. The summed E-state index contributed by atoms with van der Waals surface area (Å²) in [6.45, 7) is 2.70. The van der Waals surface area contributed by atoms with Crippen molar-refractivity contribution in [3.8, 4) is 12.3 Å². The summed E-state index contributed by atoms with van der Waals surface area (Å²) in [5.74, 6) is 2.66. The van der Waals surface area contributed by atoms with Crippen molar-refractivity contribution in [3.05, 3.63) is 0 Å². The Morgan fingerprint density at radius 3 is 2.64 bits per heavy atom. The van der Waals surface area contributed by atoms with Crippen LogP contribution in [0, 0.1) is 12.3 Å². The molecule has 0 amide bonds. The van der Waals surface area contributed by atoms with Gasteiger partial charge in [-0.3, -0.25) is 5.32 Å². The molecule has 0 radical (unpaired) electrons. The molecule has 0 saturated heterocycles. The Bertz CT molecular complexity index is 159. The molecule has 3 N–H and O–H groups in total. The number of nitrogens with two attached hydrogens (primary N) is 1. The SMILES string of the molecule is C#CC(C)NC1(CN)CCC1.